The molecule has 5 nitrogen and oxygen atoms in total. The Balaban J connectivity index is 1.71. The molecule has 0 bridgehead atoms. The first kappa shape index (κ1) is 17.1. The Morgan fingerprint density at radius 1 is 1.21 bits per heavy atom. The summed E-state index contributed by atoms with van der Waals surface area (Å²) in [6, 6.07) is 11.4. The van der Waals surface area contributed by atoms with Crippen LogP contribution in [0.25, 0.3) is 0 Å². The van der Waals surface area contributed by atoms with Crippen molar-refractivity contribution in [3.05, 3.63) is 52.9 Å². The number of benzene rings is 1. The third-order valence-corrected chi connectivity index (χ3v) is 7.66. The smallest absolute Gasteiger partial charge is 0.252 e. The number of nitrogens with zero attached hydrogens (tertiary/aromatic N) is 2. The van der Waals surface area contributed by atoms with E-state index in [1.165, 1.54) is 12.6 Å². The molecule has 1 heterocycles. The molecule has 1 aliphatic carbocycles. The molecule has 0 spiro atoms. The van der Waals surface area contributed by atoms with Crippen LogP contribution in [0.2, 0.25) is 0 Å². The standard InChI is InChI=1S/C17H20N2O3S2/c1-18(24(21,22)17-8-5-11-23-17)12-16(20)19(2)15-10-9-13-6-3-4-7-14(13)15/h3-8,11,15H,9-10,12H2,1-2H3/t15-/m0/s1. The third kappa shape index (κ3) is 3.11. The van der Waals surface area contributed by atoms with E-state index in [-0.39, 0.29) is 22.7 Å². The van der Waals surface area contributed by atoms with Gasteiger partial charge in [0.05, 0.1) is 12.6 Å². The number of hydrogen-bond donors (Lipinski definition) is 0. The molecule has 1 aliphatic rings. The van der Waals surface area contributed by atoms with Crippen LogP contribution in [0.15, 0.2) is 46.0 Å². The minimum atomic E-state index is -3.60. The highest BCUT2D eigenvalue weighted by Gasteiger charge is 2.31. The average Bonchev–Trinajstić information content (AvgIpc) is 3.23. The van der Waals surface area contributed by atoms with Gasteiger partial charge in [-0.2, -0.15) is 4.31 Å². The van der Waals surface area contributed by atoms with Crippen LogP contribution in [-0.2, 0) is 21.2 Å². The second kappa shape index (κ2) is 6.66. The molecule has 0 saturated heterocycles. The van der Waals surface area contributed by atoms with E-state index in [0.717, 1.165) is 34.0 Å². The number of amides is 1. The van der Waals surface area contributed by atoms with Gasteiger partial charge in [0, 0.05) is 14.1 Å². The first-order valence-corrected chi connectivity index (χ1v) is 10.1. The van der Waals surface area contributed by atoms with Gasteiger partial charge in [0.1, 0.15) is 4.21 Å². The van der Waals surface area contributed by atoms with Crippen molar-refractivity contribution in [1.29, 1.82) is 0 Å². The van der Waals surface area contributed by atoms with E-state index in [1.54, 1.807) is 29.5 Å². The number of hydrogen-bond acceptors (Lipinski definition) is 4. The normalized spacial score (nSPS) is 17.0. The maximum absolute atomic E-state index is 12.6. The highest BCUT2D eigenvalue weighted by Crippen LogP contribution is 2.34. The largest absolute Gasteiger partial charge is 0.338 e. The Morgan fingerprint density at radius 3 is 2.67 bits per heavy atom. The topological polar surface area (TPSA) is 57.7 Å². The van der Waals surface area contributed by atoms with Gasteiger partial charge in [-0.05, 0) is 35.4 Å². The molecule has 3 rings (SSSR count). The lowest BCUT2D eigenvalue weighted by Gasteiger charge is -2.27. The second-order valence-corrected chi connectivity index (χ2v) is 9.17. The van der Waals surface area contributed by atoms with Gasteiger partial charge in [0.25, 0.3) is 10.0 Å². The Morgan fingerprint density at radius 2 is 1.96 bits per heavy atom. The molecule has 1 amide bonds. The summed E-state index contributed by atoms with van der Waals surface area (Å²) in [5, 5.41) is 1.71. The van der Waals surface area contributed by atoms with Crippen molar-refractivity contribution < 1.29 is 13.2 Å². The van der Waals surface area contributed by atoms with E-state index in [2.05, 4.69) is 6.07 Å². The fourth-order valence-electron chi connectivity index (χ4n) is 3.06. The summed E-state index contributed by atoms with van der Waals surface area (Å²) < 4.78 is 26.3. The highest BCUT2D eigenvalue weighted by atomic mass is 32.2. The minimum absolute atomic E-state index is 0.0199. The number of aryl methyl sites for hydroxylation is 1. The van der Waals surface area contributed by atoms with Gasteiger partial charge < -0.3 is 4.90 Å². The molecular weight excluding hydrogens is 344 g/mol. The van der Waals surface area contributed by atoms with Gasteiger partial charge in [-0.1, -0.05) is 30.3 Å². The number of likely N-dealkylation sites (N-methyl/N-ethyl adjacent to an activating group) is 2. The van der Waals surface area contributed by atoms with Gasteiger partial charge in [0.15, 0.2) is 0 Å². The summed E-state index contributed by atoms with van der Waals surface area (Å²) >= 11 is 1.16. The lowest BCUT2D eigenvalue weighted by Crippen LogP contribution is -2.40. The van der Waals surface area contributed by atoms with Crippen molar-refractivity contribution in [2.24, 2.45) is 0 Å². The molecule has 1 aromatic carbocycles. The van der Waals surface area contributed by atoms with Crippen molar-refractivity contribution in [3.63, 3.8) is 0 Å². The lowest BCUT2D eigenvalue weighted by molar-refractivity contribution is -0.132. The van der Waals surface area contributed by atoms with Crippen molar-refractivity contribution in [2.75, 3.05) is 20.6 Å². The Bertz CT molecular complexity index is 831. The molecule has 0 radical (unpaired) electrons. The summed E-state index contributed by atoms with van der Waals surface area (Å²) in [6.45, 7) is -0.157. The Hall–Kier alpha value is -1.70. The van der Waals surface area contributed by atoms with Crippen LogP contribution < -0.4 is 0 Å². The fraction of sp³-hybridized carbons (Fsp3) is 0.353. The van der Waals surface area contributed by atoms with Crippen molar-refractivity contribution in [3.8, 4) is 0 Å². The van der Waals surface area contributed by atoms with E-state index in [4.69, 9.17) is 0 Å². The van der Waals surface area contributed by atoms with E-state index >= 15 is 0 Å². The molecule has 128 valence electrons. The second-order valence-electron chi connectivity index (χ2n) is 5.95. The van der Waals surface area contributed by atoms with E-state index in [0.29, 0.717) is 0 Å². The van der Waals surface area contributed by atoms with Crippen LogP contribution in [-0.4, -0.2) is 44.2 Å². The molecule has 7 heteroatoms. The molecule has 0 N–H and O–H groups in total. The molecule has 1 atom stereocenters. The van der Waals surface area contributed by atoms with Crippen molar-refractivity contribution in [2.45, 2.75) is 23.1 Å². The van der Waals surface area contributed by atoms with Crippen molar-refractivity contribution in [1.82, 2.24) is 9.21 Å². The van der Waals surface area contributed by atoms with Crippen LogP contribution in [0, 0.1) is 0 Å². The van der Waals surface area contributed by atoms with Gasteiger partial charge in [0.2, 0.25) is 5.91 Å². The predicted octanol–water partition coefficient (Wildman–Crippen LogP) is 2.51. The van der Waals surface area contributed by atoms with Gasteiger partial charge >= 0.3 is 0 Å². The SMILES string of the molecule is CN(C(=O)CN(C)S(=O)(=O)c1cccs1)[C@H]1CCc2ccccc21. The van der Waals surface area contributed by atoms with Crippen LogP contribution in [0.1, 0.15) is 23.6 Å². The number of rotatable bonds is 5. The van der Waals surface area contributed by atoms with E-state index in [1.807, 2.05) is 18.2 Å². The summed E-state index contributed by atoms with van der Waals surface area (Å²) in [5.41, 5.74) is 2.43. The number of sulfonamides is 1. The molecular formula is C17H20N2O3S2. The monoisotopic (exact) mass is 364 g/mol. The molecule has 2 aromatic rings. The maximum Gasteiger partial charge on any atom is 0.252 e. The van der Waals surface area contributed by atoms with Gasteiger partial charge in [-0.25, -0.2) is 8.42 Å². The molecule has 24 heavy (non-hydrogen) atoms. The summed E-state index contributed by atoms with van der Waals surface area (Å²) in [6.07, 6.45) is 1.82. The van der Waals surface area contributed by atoms with Crippen LogP contribution in [0.5, 0.6) is 0 Å². The number of thiophene rings is 1. The highest BCUT2D eigenvalue weighted by molar-refractivity contribution is 7.91. The minimum Gasteiger partial charge on any atom is -0.338 e. The summed E-state index contributed by atoms with van der Waals surface area (Å²) in [4.78, 5) is 14.3. The maximum atomic E-state index is 12.6. The van der Waals surface area contributed by atoms with Crippen LogP contribution >= 0.6 is 11.3 Å². The molecule has 0 unspecified atom stereocenters. The third-order valence-electron chi connectivity index (χ3n) is 4.48. The lowest BCUT2D eigenvalue weighted by atomic mass is 10.1. The fourth-order valence-corrected chi connectivity index (χ4v) is 5.38. The predicted molar refractivity (Wildman–Crippen MR) is 94.4 cm³/mol. The van der Waals surface area contributed by atoms with Crippen LogP contribution in [0.4, 0.5) is 0 Å². The summed E-state index contributed by atoms with van der Waals surface area (Å²) in [7, 11) is -0.405. The molecule has 1 aromatic heterocycles. The zero-order chi connectivity index (χ0) is 17.3. The number of carbonyl (C=O) groups is 1. The summed E-state index contributed by atoms with van der Waals surface area (Å²) in [5.74, 6) is -0.195. The molecule has 0 fully saturated rings. The van der Waals surface area contributed by atoms with Gasteiger partial charge in [-0.15, -0.1) is 11.3 Å². The van der Waals surface area contributed by atoms with E-state index in [9.17, 15) is 13.2 Å². The first-order chi connectivity index (χ1) is 11.4. The Kier molecular flexibility index (Phi) is 4.76. The number of carbonyl (C=O) groups excluding carboxylic acids is 1. The van der Waals surface area contributed by atoms with Crippen LogP contribution in [0.3, 0.4) is 0 Å². The quantitative estimate of drug-likeness (QED) is 0.819. The molecule has 0 aliphatic heterocycles. The van der Waals surface area contributed by atoms with Gasteiger partial charge in [-0.3, -0.25) is 4.79 Å². The zero-order valence-electron chi connectivity index (χ0n) is 13.7. The average molecular weight is 364 g/mol. The van der Waals surface area contributed by atoms with Crippen molar-refractivity contribution >= 4 is 27.3 Å². The zero-order valence-corrected chi connectivity index (χ0v) is 15.3. The number of fused-ring (bicyclic) bond motifs is 1. The first-order valence-electron chi connectivity index (χ1n) is 7.74. The van der Waals surface area contributed by atoms with E-state index < -0.39 is 10.0 Å². The molecule has 0 saturated carbocycles. The Labute approximate surface area is 146 Å².